The van der Waals surface area contributed by atoms with E-state index in [0.717, 1.165) is 18.9 Å². The Morgan fingerprint density at radius 3 is 1.93 bits per heavy atom. The normalized spacial score (nSPS) is 25.1. The van der Waals surface area contributed by atoms with Crippen LogP contribution in [0.1, 0.15) is 12.8 Å². The van der Waals surface area contributed by atoms with Crippen molar-refractivity contribution >= 4 is 8.80 Å². The molecule has 0 bridgehead atoms. The summed E-state index contributed by atoms with van der Waals surface area (Å²) in [6, 6.07) is 0.775. The van der Waals surface area contributed by atoms with Gasteiger partial charge < -0.3 is 24.7 Å². The average Bonchev–Trinajstić information content (AvgIpc) is 2.78. The fourth-order valence-corrected chi connectivity index (χ4v) is 3.46. The maximum atomic E-state index is 5.73. The van der Waals surface area contributed by atoms with Crippen LogP contribution in [0.5, 0.6) is 0 Å². The predicted molar refractivity (Wildman–Crippen MR) is 55.4 cm³/mol. The summed E-state index contributed by atoms with van der Waals surface area (Å²) in [5.74, 6) is 0.384. The lowest BCUT2D eigenvalue weighted by atomic mass is 10.3. The smallest absolute Gasteiger partial charge is 0.377 e. The molecule has 14 heavy (non-hydrogen) atoms. The Bertz CT molecular complexity index is 189. The quantitative estimate of drug-likeness (QED) is 0.482. The van der Waals surface area contributed by atoms with Crippen LogP contribution >= 0.6 is 0 Å². The van der Waals surface area contributed by atoms with Crippen molar-refractivity contribution < 1.29 is 13.3 Å². The minimum absolute atomic E-state index is 0.384. The van der Waals surface area contributed by atoms with Gasteiger partial charge in [-0.3, -0.25) is 0 Å². The van der Waals surface area contributed by atoms with Gasteiger partial charge in [0.1, 0.15) is 0 Å². The van der Waals surface area contributed by atoms with Crippen molar-refractivity contribution in [2.24, 2.45) is 17.4 Å². The van der Waals surface area contributed by atoms with Crippen molar-refractivity contribution in [3.63, 3.8) is 0 Å². The van der Waals surface area contributed by atoms with Crippen LogP contribution in [0.25, 0.3) is 0 Å². The molecule has 0 aromatic heterocycles. The largest absolute Gasteiger partial charge is 0.500 e. The molecule has 0 aromatic carbocycles. The van der Waals surface area contributed by atoms with Crippen molar-refractivity contribution in [1.82, 2.24) is 0 Å². The van der Waals surface area contributed by atoms with Crippen LogP contribution in [0.2, 0.25) is 6.04 Å². The Morgan fingerprint density at radius 1 is 1.21 bits per heavy atom. The molecule has 4 N–H and O–H groups in total. The molecular formula is C8H20N2O3Si. The highest BCUT2D eigenvalue weighted by molar-refractivity contribution is 6.60. The average molecular weight is 220 g/mol. The molecule has 1 unspecified atom stereocenters. The summed E-state index contributed by atoms with van der Waals surface area (Å²) in [7, 11) is 2.43. The van der Waals surface area contributed by atoms with E-state index in [-0.39, 0.29) is 0 Å². The minimum atomic E-state index is -2.41. The molecule has 6 heteroatoms. The van der Waals surface area contributed by atoms with Gasteiger partial charge in [0.2, 0.25) is 0 Å². The standard InChI is InChI=1S/C8H20N2O3Si/c1-11-14(12-2,13-3)5-4-7-6-8(7,9)10/h7H,4-6,9-10H2,1-3H3. The third-order valence-electron chi connectivity index (χ3n) is 2.93. The number of hydrogen-bond donors (Lipinski definition) is 2. The maximum Gasteiger partial charge on any atom is 0.500 e. The highest BCUT2D eigenvalue weighted by atomic mass is 28.4. The maximum absolute atomic E-state index is 5.73. The molecule has 1 aliphatic rings. The molecule has 1 fully saturated rings. The predicted octanol–water partition coefficient (Wildman–Crippen LogP) is -0.112. The van der Waals surface area contributed by atoms with Gasteiger partial charge in [-0.15, -0.1) is 0 Å². The number of nitrogens with two attached hydrogens (primary N) is 2. The van der Waals surface area contributed by atoms with Crippen LogP contribution in [0.4, 0.5) is 0 Å². The van der Waals surface area contributed by atoms with Gasteiger partial charge in [0.15, 0.2) is 0 Å². The highest BCUT2D eigenvalue weighted by Crippen LogP contribution is 2.41. The van der Waals surface area contributed by atoms with E-state index < -0.39 is 14.5 Å². The molecule has 1 rings (SSSR count). The second-order valence-corrected chi connectivity index (χ2v) is 6.94. The molecule has 0 spiro atoms. The lowest BCUT2D eigenvalue weighted by molar-refractivity contribution is 0.122. The first-order valence-corrected chi connectivity index (χ1v) is 6.66. The summed E-state index contributed by atoms with van der Waals surface area (Å²) in [5, 5.41) is 0. The first kappa shape index (κ1) is 12.1. The zero-order chi connectivity index (χ0) is 10.8. The van der Waals surface area contributed by atoms with Gasteiger partial charge in [-0.2, -0.15) is 0 Å². The topological polar surface area (TPSA) is 79.7 Å². The SMILES string of the molecule is CO[Si](CCC1CC1(N)N)(OC)OC. The summed E-state index contributed by atoms with van der Waals surface area (Å²) in [5.41, 5.74) is 11.0. The Morgan fingerprint density at radius 2 is 1.64 bits per heavy atom. The van der Waals surface area contributed by atoms with E-state index in [0.29, 0.717) is 5.92 Å². The first-order valence-electron chi connectivity index (χ1n) is 4.73. The van der Waals surface area contributed by atoms with Crippen molar-refractivity contribution in [3.8, 4) is 0 Å². The monoisotopic (exact) mass is 220 g/mol. The molecule has 0 aromatic rings. The molecule has 84 valence electrons. The summed E-state index contributed by atoms with van der Waals surface area (Å²) in [4.78, 5) is 0. The lowest BCUT2D eigenvalue weighted by Crippen LogP contribution is -2.43. The molecule has 5 nitrogen and oxygen atoms in total. The van der Waals surface area contributed by atoms with E-state index in [1.165, 1.54) is 0 Å². The molecule has 1 saturated carbocycles. The molecular weight excluding hydrogens is 200 g/mol. The van der Waals surface area contributed by atoms with Crippen molar-refractivity contribution in [1.29, 1.82) is 0 Å². The van der Waals surface area contributed by atoms with Gasteiger partial charge in [0.05, 0.1) is 5.66 Å². The number of hydrogen-bond acceptors (Lipinski definition) is 5. The molecule has 1 atom stereocenters. The van der Waals surface area contributed by atoms with Gasteiger partial charge in [-0.25, -0.2) is 0 Å². The zero-order valence-electron chi connectivity index (χ0n) is 9.08. The van der Waals surface area contributed by atoms with Crippen LogP contribution in [0, 0.1) is 5.92 Å². The third-order valence-corrected chi connectivity index (χ3v) is 5.70. The highest BCUT2D eigenvalue weighted by Gasteiger charge is 2.49. The molecule has 0 radical (unpaired) electrons. The summed E-state index contributed by atoms with van der Waals surface area (Å²) in [6.45, 7) is 0. The van der Waals surface area contributed by atoms with Crippen molar-refractivity contribution in [2.45, 2.75) is 24.5 Å². The summed E-state index contributed by atoms with van der Waals surface area (Å²) in [6.07, 6.45) is 1.80. The second kappa shape index (κ2) is 4.26. The van der Waals surface area contributed by atoms with Gasteiger partial charge >= 0.3 is 8.80 Å². The Kier molecular flexibility index (Phi) is 3.67. The van der Waals surface area contributed by atoms with Crippen molar-refractivity contribution in [2.75, 3.05) is 21.3 Å². The summed E-state index contributed by atoms with van der Waals surface area (Å²) < 4.78 is 15.9. The molecule has 0 heterocycles. The van der Waals surface area contributed by atoms with Crippen molar-refractivity contribution in [3.05, 3.63) is 0 Å². The van der Waals surface area contributed by atoms with Gasteiger partial charge in [0.25, 0.3) is 0 Å². The van der Waals surface area contributed by atoms with E-state index in [1.54, 1.807) is 21.3 Å². The second-order valence-electron chi connectivity index (χ2n) is 3.85. The van der Waals surface area contributed by atoms with E-state index in [9.17, 15) is 0 Å². The summed E-state index contributed by atoms with van der Waals surface area (Å²) >= 11 is 0. The fraction of sp³-hybridized carbons (Fsp3) is 1.00. The van der Waals surface area contributed by atoms with Crippen LogP contribution in [-0.2, 0) is 13.3 Å². The molecule has 0 saturated heterocycles. The van der Waals surface area contributed by atoms with Crippen LogP contribution in [0.15, 0.2) is 0 Å². The number of rotatable bonds is 6. The third kappa shape index (κ3) is 2.53. The Labute approximate surface area is 86.1 Å². The fourth-order valence-electron chi connectivity index (χ4n) is 1.65. The van der Waals surface area contributed by atoms with Gasteiger partial charge in [-0.05, 0) is 18.8 Å². The van der Waals surface area contributed by atoms with Gasteiger partial charge in [-0.1, -0.05) is 0 Å². The van der Waals surface area contributed by atoms with E-state index in [4.69, 9.17) is 24.7 Å². The Hall–Kier alpha value is 0.0169. The minimum Gasteiger partial charge on any atom is -0.377 e. The Balaban J connectivity index is 2.34. The lowest BCUT2D eigenvalue weighted by Gasteiger charge is -2.24. The van der Waals surface area contributed by atoms with E-state index in [1.807, 2.05) is 0 Å². The van der Waals surface area contributed by atoms with Crippen LogP contribution < -0.4 is 11.5 Å². The first-order chi connectivity index (χ1) is 6.49. The van der Waals surface area contributed by atoms with Crippen LogP contribution in [0.3, 0.4) is 0 Å². The zero-order valence-corrected chi connectivity index (χ0v) is 10.1. The molecule has 0 amide bonds. The molecule has 0 aliphatic heterocycles. The van der Waals surface area contributed by atoms with E-state index >= 15 is 0 Å². The van der Waals surface area contributed by atoms with Gasteiger partial charge in [0, 0.05) is 27.4 Å². The van der Waals surface area contributed by atoms with Crippen LogP contribution in [-0.4, -0.2) is 35.8 Å². The van der Waals surface area contributed by atoms with E-state index in [2.05, 4.69) is 0 Å². The molecule has 1 aliphatic carbocycles.